The van der Waals surface area contributed by atoms with E-state index >= 15 is 0 Å². The Morgan fingerprint density at radius 1 is 1.50 bits per heavy atom. The van der Waals surface area contributed by atoms with Crippen LogP contribution in [0.25, 0.3) is 11.0 Å². The standard InChI is InChI=1S/C14H17N3O2S/c15-14(12(18)19)7-3-4-9(8-14)20-13-16-10-5-1-2-6-11(10)17-13/h1-2,5-6,9H,3-4,7-8,15H2,(H,16,17)(H,18,19). The number of nitrogens with zero attached hydrogens (tertiary/aromatic N) is 1. The Kier molecular flexibility index (Phi) is 3.43. The number of hydrogen-bond donors (Lipinski definition) is 3. The Labute approximate surface area is 121 Å². The Bertz CT molecular complexity index is 609. The molecule has 6 heteroatoms. The number of nitrogens with two attached hydrogens (primary N) is 1. The Hall–Kier alpha value is -1.53. The number of aliphatic carboxylic acids is 1. The highest BCUT2D eigenvalue weighted by atomic mass is 32.2. The molecule has 0 saturated heterocycles. The first kappa shape index (κ1) is 13.5. The fourth-order valence-electron chi connectivity index (χ4n) is 2.69. The van der Waals surface area contributed by atoms with Crippen molar-refractivity contribution < 1.29 is 9.90 Å². The predicted octanol–water partition coefficient (Wildman–Crippen LogP) is 2.38. The summed E-state index contributed by atoms with van der Waals surface area (Å²) in [6.45, 7) is 0. The van der Waals surface area contributed by atoms with Crippen LogP contribution in [0, 0.1) is 0 Å². The van der Waals surface area contributed by atoms with Crippen molar-refractivity contribution in [3.8, 4) is 0 Å². The van der Waals surface area contributed by atoms with E-state index in [0.29, 0.717) is 12.8 Å². The number of H-pyrrole nitrogens is 1. The van der Waals surface area contributed by atoms with Gasteiger partial charge in [-0.1, -0.05) is 23.9 Å². The third-order valence-electron chi connectivity index (χ3n) is 3.81. The van der Waals surface area contributed by atoms with Gasteiger partial charge in [0.25, 0.3) is 0 Å². The number of thioether (sulfide) groups is 1. The van der Waals surface area contributed by atoms with Crippen molar-refractivity contribution in [2.24, 2.45) is 5.73 Å². The topological polar surface area (TPSA) is 92.0 Å². The molecule has 106 valence electrons. The van der Waals surface area contributed by atoms with Crippen LogP contribution in [0.15, 0.2) is 29.4 Å². The van der Waals surface area contributed by atoms with E-state index in [0.717, 1.165) is 29.0 Å². The molecule has 0 radical (unpaired) electrons. The summed E-state index contributed by atoms with van der Waals surface area (Å²) in [6.07, 6.45) is 2.87. The maximum Gasteiger partial charge on any atom is 0.323 e. The van der Waals surface area contributed by atoms with E-state index in [1.54, 1.807) is 11.8 Å². The van der Waals surface area contributed by atoms with Crippen molar-refractivity contribution in [1.29, 1.82) is 0 Å². The Morgan fingerprint density at radius 3 is 3.05 bits per heavy atom. The summed E-state index contributed by atoms with van der Waals surface area (Å²) in [6, 6.07) is 7.86. The van der Waals surface area contributed by atoms with E-state index < -0.39 is 11.5 Å². The first-order chi connectivity index (χ1) is 9.57. The molecule has 1 heterocycles. The van der Waals surface area contributed by atoms with Crippen LogP contribution < -0.4 is 5.73 Å². The van der Waals surface area contributed by atoms with Gasteiger partial charge in [-0.25, -0.2) is 4.98 Å². The fraction of sp³-hybridized carbons (Fsp3) is 0.429. The van der Waals surface area contributed by atoms with Crippen molar-refractivity contribution >= 4 is 28.8 Å². The summed E-state index contributed by atoms with van der Waals surface area (Å²) < 4.78 is 0. The van der Waals surface area contributed by atoms with Gasteiger partial charge in [0.15, 0.2) is 5.16 Å². The Morgan fingerprint density at radius 2 is 2.30 bits per heavy atom. The van der Waals surface area contributed by atoms with Crippen LogP contribution in [-0.4, -0.2) is 31.8 Å². The van der Waals surface area contributed by atoms with E-state index in [1.807, 2.05) is 24.3 Å². The van der Waals surface area contributed by atoms with Gasteiger partial charge < -0.3 is 15.8 Å². The van der Waals surface area contributed by atoms with Gasteiger partial charge in [0.05, 0.1) is 11.0 Å². The number of aromatic amines is 1. The number of para-hydroxylation sites is 2. The lowest BCUT2D eigenvalue weighted by atomic mass is 9.82. The molecule has 0 aliphatic heterocycles. The quantitative estimate of drug-likeness (QED) is 0.807. The molecule has 20 heavy (non-hydrogen) atoms. The van der Waals surface area contributed by atoms with Crippen molar-refractivity contribution in [2.45, 2.75) is 41.6 Å². The first-order valence-electron chi connectivity index (χ1n) is 6.70. The van der Waals surface area contributed by atoms with Crippen molar-refractivity contribution in [3.05, 3.63) is 24.3 Å². The van der Waals surface area contributed by atoms with Crippen LogP contribution in [0.4, 0.5) is 0 Å². The van der Waals surface area contributed by atoms with Crippen molar-refractivity contribution in [3.63, 3.8) is 0 Å². The zero-order chi connectivity index (χ0) is 14.2. The molecule has 1 aromatic heterocycles. The van der Waals surface area contributed by atoms with Crippen LogP contribution >= 0.6 is 11.8 Å². The predicted molar refractivity (Wildman–Crippen MR) is 78.8 cm³/mol. The lowest BCUT2D eigenvalue weighted by molar-refractivity contribution is -0.144. The molecule has 1 aromatic carbocycles. The molecular weight excluding hydrogens is 274 g/mol. The lowest BCUT2D eigenvalue weighted by Gasteiger charge is -2.33. The molecule has 1 fully saturated rings. The molecule has 1 saturated carbocycles. The van der Waals surface area contributed by atoms with Gasteiger partial charge in [-0.3, -0.25) is 4.79 Å². The van der Waals surface area contributed by atoms with Crippen LogP contribution in [-0.2, 0) is 4.79 Å². The van der Waals surface area contributed by atoms with E-state index in [-0.39, 0.29) is 5.25 Å². The van der Waals surface area contributed by atoms with Gasteiger partial charge in [-0.2, -0.15) is 0 Å². The van der Waals surface area contributed by atoms with E-state index in [1.165, 1.54) is 0 Å². The second kappa shape index (κ2) is 5.10. The van der Waals surface area contributed by atoms with E-state index in [4.69, 9.17) is 5.73 Å². The minimum atomic E-state index is -1.08. The number of carbonyl (C=O) groups is 1. The number of imidazole rings is 1. The zero-order valence-corrected chi connectivity index (χ0v) is 11.8. The number of rotatable bonds is 3. The Balaban J connectivity index is 1.75. The second-order valence-corrected chi connectivity index (χ2v) is 6.65. The highest BCUT2D eigenvalue weighted by Crippen LogP contribution is 2.36. The van der Waals surface area contributed by atoms with Crippen LogP contribution in [0.2, 0.25) is 0 Å². The van der Waals surface area contributed by atoms with Gasteiger partial charge in [-0.05, 0) is 37.8 Å². The fourth-order valence-corrected chi connectivity index (χ4v) is 3.99. The molecule has 2 atom stereocenters. The normalized spacial score (nSPS) is 26.8. The molecule has 2 unspecified atom stereocenters. The summed E-state index contributed by atoms with van der Waals surface area (Å²) in [5.74, 6) is -0.896. The average Bonchev–Trinajstić information content (AvgIpc) is 2.80. The van der Waals surface area contributed by atoms with E-state index in [2.05, 4.69) is 9.97 Å². The summed E-state index contributed by atoms with van der Waals surface area (Å²) in [7, 11) is 0. The monoisotopic (exact) mass is 291 g/mol. The number of fused-ring (bicyclic) bond motifs is 1. The molecule has 4 N–H and O–H groups in total. The molecule has 1 aliphatic rings. The molecule has 5 nitrogen and oxygen atoms in total. The number of carboxylic acids is 1. The number of aromatic nitrogens is 2. The summed E-state index contributed by atoms with van der Waals surface area (Å²) in [4.78, 5) is 19.0. The average molecular weight is 291 g/mol. The molecule has 0 bridgehead atoms. The van der Waals surface area contributed by atoms with Gasteiger partial charge in [0.1, 0.15) is 5.54 Å². The highest BCUT2D eigenvalue weighted by Gasteiger charge is 2.39. The number of benzene rings is 1. The maximum absolute atomic E-state index is 11.3. The molecular formula is C14H17N3O2S. The van der Waals surface area contributed by atoms with Crippen LogP contribution in [0.5, 0.6) is 0 Å². The van der Waals surface area contributed by atoms with Gasteiger partial charge in [-0.15, -0.1) is 0 Å². The summed E-state index contributed by atoms with van der Waals surface area (Å²) >= 11 is 1.60. The number of nitrogens with one attached hydrogen (secondary N) is 1. The van der Waals surface area contributed by atoms with Gasteiger partial charge >= 0.3 is 5.97 Å². The minimum Gasteiger partial charge on any atom is -0.480 e. The van der Waals surface area contributed by atoms with Gasteiger partial charge in [0, 0.05) is 5.25 Å². The van der Waals surface area contributed by atoms with E-state index in [9.17, 15) is 9.90 Å². The summed E-state index contributed by atoms with van der Waals surface area (Å²) in [5, 5.41) is 10.3. The van der Waals surface area contributed by atoms with Crippen molar-refractivity contribution in [2.75, 3.05) is 0 Å². The molecule has 3 rings (SSSR count). The lowest BCUT2D eigenvalue weighted by Crippen LogP contribution is -2.51. The molecule has 0 spiro atoms. The zero-order valence-electron chi connectivity index (χ0n) is 11.0. The van der Waals surface area contributed by atoms with Crippen molar-refractivity contribution in [1.82, 2.24) is 9.97 Å². The first-order valence-corrected chi connectivity index (χ1v) is 7.58. The summed E-state index contributed by atoms with van der Waals surface area (Å²) in [5.41, 5.74) is 6.83. The molecule has 0 amide bonds. The molecule has 1 aliphatic carbocycles. The number of carboxylic acid groups (broad SMARTS) is 1. The second-order valence-electron chi connectivity index (χ2n) is 5.36. The smallest absolute Gasteiger partial charge is 0.323 e. The SMILES string of the molecule is NC1(C(=O)O)CCCC(Sc2nc3ccccc3[nH]2)C1. The molecule has 2 aromatic rings. The maximum atomic E-state index is 11.3. The van der Waals surface area contributed by atoms with Crippen LogP contribution in [0.1, 0.15) is 25.7 Å². The highest BCUT2D eigenvalue weighted by molar-refractivity contribution is 7.99. The van der Waals surface area contributed by atoms with Gasteiger partial charge in [0.2, 0.25) is 0 Å². The third-order valence-corrected chi connectivity index (χ3v) is 4.97. The third kappa shape index (κ3) is 2.53. The minimum absolute atomic E-state index is 0.199. The number of hydrogen-bond acceptors (Lipinski definition) is 4. The largest absolute Gasteiger partial charge is 0.480 e. The van der Waals surface area contributed by atoms with Crippen LogP contribution in [0.3, 0.4) is 0 Å².